The van der Waals surface area contributed by atoms with Crippen LogP contribution in [-0.2, 0) is 6.61 Å². The van der Waals surface area contributed by atoms with Crippen molar-refractivity contribution in [2.75, 3.05) is 0 Å². The lowest BCUT2D eigenvalue weighted by Crippen LogP contribution is -2.16. The van der Waals surface area contributed by atoms with Crippen LogP contribution in [0.2, 0.25) is 0 Å². The van der Waals surface area contributed by atoms with E-state index < -0.39 is 22.3 Å². The number of hydrogen-bond acceptors (Lipinski definition) is 7. The average molecular weight is 380 g/mol. The number of nitro benzene ring substituents is 1. The van der Waals surface area contributed by atoms with Gasteiger partial charge in [-0.1, -0.05) is 30.3 Å². The van der Waals surface area contributed by atoms with Gasteiger partial charge in [0.25, 0.3) is 5.69 Å². The van der Waals surface area contributed by atoms with Crippen molar-refractivity contribution < 1.29 is 24.0 Å². The smallest absolute Gasteiger partial charge is 0.307 e. The molecule has 0 aliphatic carbocycles. The molecule has 0 bridgehead atoms. The molecule has 2 aromatic carbocycles. The number of para-hydroxylation sites is 1. The van der Waals surface area contributed by atoms with Gasteiger partial charge in [0.15, 0.2) is 5.76 Å². The largest absolute Gasteiger partial charge is 0.868 e. The van der Waals surface area contributed by atoms with Crippen LogP contribution in [0.3, 0.4) is 0 Å². The number of hydrogen-bond donors (Lipinski definition) is 1. The second-order valence-corrected chi connectivity index (χ2v) is 5.55. The molecular formula is C19H14N3O6-. The van der Waals surface area contributed by atoms with E-state index >= 15 is 0 Å². The van der Waals surface area contributed by atoms with Crippen LogP contribution in [0.1, 0.15) is 21.9 Å². The molecule has 3 aromatic rings. The molecule has 0 saturated heterocycles. The summed E-state index contributed by atoms with van der Waals surface area (Å²) in [5.41, 5.74) is 1.97. The SMILES string of the molecule is O=C(N/N=C\c1ccc([O-])c([N+](=O)[O-])c1)c1ccc(COc2ccccc2)o1. The molecule has 0 aliphatic heterocycles. The van der Waals surface area contributed by atoms with Crippen LogP contribution >= 0.6 is 0 Å². The summed E-state index contributed by atoms with van der Waals surface area (Å²) >= 11 is 0. The quantitative estimate of drug-likeness (QED) is 0.381. The van der Waals surface area contributed by atoms with Crippen molar-refractivity contribution in [3.8, 4) is 11.5 Å². The van der Waals surface area contributed by atoms with Gasteiger partial charge < -0.3 is 14.3 Å². The molecule has 9 nitrogen and oxygen atoms in total. The zero-order valence-corrected chi connectivity index (χ0v) is 14.4. The number of carbonyl (C=O) groups excluding carboxylic acids is 1. The second kappa shape index (κ2) is 8.49. The van der Waals surface area contributed by atoms with E-state index in [9.17, 15) is 20.0 Å². The third kappa shape index (κ3) is 4.73. The van der Waals surface area contributed by atoms with Gasteiger partial charge in [0.05, 0.1) is 11.1 Å². The van der Waals surface area contributed by atoms with E-state index in [1.165, 1.54) is 18.3 Å². The van der Waals surface area contributed by atoms with Crippen molar-refractivity contribution in [1.29, 1.82) is 0 Å². The summed E-state index contributed by atoms with van der Waals surface area (Å²) in [4.78, 5) is 22.0. The summed E-state index contributed by atoms with van der Waals surface area (Å²) in [6, 6.07) is 15.7. The molecule has 0 unspecified atom stereocenters. The minimum absolute atomic E-state index is 0.0321. The van der Waals surface area contributed by atoms with E-state index in [1.54, 1.807) is 18.2 Å². The van der Waals surface area contributed by atoms with Gasteiger partial charge in [0.1, 0.15) is 18.1 Å². The predicted molar refractivity (Wildman–Crippen MR) is 97.1 cm³/mol. The van der Waals surface area contributed by atoms with Crippen molar-refractivity contribution in [1.82, 2.24) is 5.43 Å². The molecule has 0 spiro atoms. The molecule has 142 valence electrons. The number of rotatable bonds is 7. The van der Waals surface area contributed by atoms with Crippen LogP contribution in [0.15, 0.2) is 70.2 Å². The highest BCUT2D eigenvalue weighted by Crippen LogP contribution is 2.22. The van der Waals surface area contributed by atoms with Crippen LogP contribution in [-0.4, -0.2) is 17.0 Å². The first kappa shape index (κ1) is 18.6. The lowest BCUT2D eigenvalue weighted by molar-refractivity contribution is -0.398. The standard InChI is InChI=1S/C19H15N3O6/c23-17-8-6-13(10-16(17)22(25)26)11-20-21-19(24)18-9-7-15(28-18)12-27-14-4-2-1-3-5-14/h1-11,23H,12H2,(H,21,24)/p-1/b20-11-. The second-order valence-electron chi connectivity index (χ2n) is 5.55. The number of carbonyl (C=O) groups is 1. The maximum absolute atomic E-state index is 12.0. The van der Waals surface area contributed by atoms with Crippen molar-refractivity contribution in [2.24, 2.45) is 5.10 Å². The fourth-order valence-electron chi connectivity index (χ4n) is 2.23. The molecule has 1 N–H and O–H groups in total. The Hall–Kier alpha value is -4.14. The molecule has 9 heteroatoms. The van der Waals surface area contributed by atoms with Gasteiger partial charge in [-0.3, -0.25) is 14.9 Å². The summed E-state index contributed by atoms with van der Waals surface area (Å²) < 4.78 is 10.9. The van der Waals surface area contributed by atoms with Crippen LogP contribution < -0.4 is 15.3 Å². The van der Waals surface area contributed by atoms with E-state index in [0.29, 0.717) is 17.1 Å². The normalized spacial score (nSPS) is 10.7. The monoisotopic (exact) mass is 380 g/mol. The first-order chi connectivity index (χ1) is 13.5. The van der Waals surface area contributed by atoms with Crippen LogP contribution in [0, 0.1) is 10.1 Å². The number of amides is 1. The van der Waals surface area contributed by atoms with Gasteiger partial charge in [0, 0.05) is 11.6 Å². The molecule has 1 aromatic heterocycles. The van der Waals surface area contributed by atoms with E-state index in [1.807, 2.05) is 18.2 Å². The fraction of sp³-hybridized carbons (Fsp3) is 0.0526. The summed E-state index contributed by atoms with van der Waals surface area (Å²) in [5.74, 6) is -0.138. The molecule has 0 atom stereocenters. The summed E-state index contributed by atoms with van der Waals surface area (Å²) in [6.45, 7) is 0.159. The van der Waals surface area contributed by atoms with Crippen LogP contribution in [0.5, 0.6) is 11.5 Å². The Balaban J connectivity index is 1.56. The first-order valence-electron chi connectivity index (χ1n) is 8.08. The summed E-state index contributed by atoms with van der Waals surface area (Å²) in [5, 5.41) is 25.8. The minimum Gasteiger partial charge on any atom is -0.868 e. The average Bonchev–Trinajstić information content (AvgIpc) is 3.17. The Bertz CT molecular complexity index is 1010. The van der Waals surface area contributed by atoms with Gasteiger partial charge >= 0.3 is 5.91 Å². The number of nitrogens with zero attached hydrogens (tertiary/aromatic N) is 2. The number of hydrazone groups is 1. The van der Waals surface area contributed by atoms with E-state index in [0.717, 1.165) is 12.1 Å². The molecular weight excluding hydrogens is 366 g/mol. The topological polar surface area (TPSA) is 130 Å². The first-order valence-corrected chi connectivity index (χ1v) is 8.08. The highest BCUT2D eigenvalue weighted by Gasteiger charge is 2.11. The molecule has 1 amide bonds. The maximum Gasteiger partial charge on any atom is 0.307 e. The van der Waals surface area contributed by atoms with Crippen LogP contribution in [0.4, 0.5) is 5.69 Å². The Morgan fingerprint density at radius 2 is 1.96 bits per heavy atom. The number of ether oxygens (including phenoxy) is 1. The third-order valence-corrected chi connectivity index (χ3v) is 3.57. The van der Waals surface area contributed by atoms with E-state index in [4.69, 9.17) is 9.15 Å². The molecule has 0 fully saturated rings. The number of nitrogens with one attached hydrogen (secondary N) is 1. The lowest BCUT2D eigenvalue weighted by Gasteiger charge is -2.05. The molecule has 0 saturated carbocycles. The zero-order chi connectivity index (χ0) is 19.9. The number of nitro groups is 1. The van der Waals surface area contributed by atoms with E-state index in [-0.39, 0.29) is 12.4 Å². The fourth-order valence-corrected chi connectivity index (χ4v) is 2.23. The lowest BCUT2D eigenvalue weighted by atomic mass is 10.2. The third-order valence-electron chi connectivity index (χ3n) is 3.57. The minimum atomic E-state index is -0.778. The summed E-state index contributed by atoms with van der Waals surface area (Å²) in [6.07, 6.45) is 1.19. The highest BCUT2D eigenvalue weighted by atomic mass is 16.6. The molecule has 0 aliphatic rings. The number of benzene rings is 2. The summed E-state index contributed by atoms with van der Waals surface area (Å²) in [7, 11) is 0. The van der Waals surface area contributed by atoms with Gasteiger partial charge in [-0.15, -0.1) is 0 Å². The van der Waals surface area contributed by atoms with E-state index in [2.05, 4.69) is 10.5 Å². The Labute approximate surface area is 159 Å². The van der Waals surface area contributed by atoms with Crippen molar-refractivity contribution in [2.45, 2.75) is 6.61 Å². The molecule has 28 heavy (non-hydrogen) atoms. The predicted octanol–water partition coefficient (Wildman–Crippen LogP) is 2.60. The maximum atomic E-state index is 12.0. The molecule has 3 rings (SSSR count). The van der Waals surface area contributed by atoms with Crippen molar-refractivity contribution in [3.63, 3.8) is 0 Å². The zero-order valence-electron chi connectivity index (χ0n) is 14.4. The molecule has 0 radical (unpaired) electrons. The Kier molecular flexibility index (Phi) is 5.66. The van der Waals surface area contributed by atoms with Crippen LogP contribution in [0.25, 0.3) is 0 Å². The van der Waals surface area contributed by atoms with Gasteiger partial charge in [0.2, 0.25) is 0 Å². The van der Waals surface area contributed by atoms with Crippen molar-refractivity contribution in [3.05, 3.63) is 87.9 Å². The van der Waals surface area contributed by atoms with Gasteiger partial charge in [-0.05, 0) is 30.0 Å². The van der Waals surface area contributed by atoms with Gasteiger partial charge in [-0.2, -0.15) is 5.10 Å². The Morgan fingerprint density at radius 1 is 1.18 bits per heavy atom. The number of furan rings is 1. The highest BCUT2D eigenvalue weighted by molar-refractivity contribution is 5.92. The Morgan fingerprint density at radius 3 is 2.71 bits per heavy atom. The van der Waals surface area contributed by atoms with Gasteiger partial charge in [-0.25, -0.2) is 5.43 Å². The van der Waals surface area contributed by atoms with Crippen molar-refractivity contribution >= 4 is 17.8 Å². The molecule has 1 heterocycles.